The molecule has 1 aromatic rings. The Balaban J connectivity index is 3.43. The number of hydrogen-bond acceptors (Lipinski definition) is 5. The van der Waals surface area contributed by atoms with Gasteiger partial charge in [0, 0.05) is 12.6 Å². The molecule has 0 bridgehead atoms. The molecular formula is C27H45N3O5. The van der Waals surface area contributed by atoms with Crippen LogP contribution in [0.5, 0.6) is 0 Å². The summed E-state index contributed by atoms with van der Waals surface area (Å²) in [6, 6.07) is 3.62. The molecule has 0 aliphatic carbocycles. The number of hydrogen-bond donors (Lipinski definition) is 3. The number of benzene rings is 1. The number of unbranched alkanes of at least 4 members (excludes halogenated alkanes) is 1. The number of carbonyl (C=O) groups is 3. The van der Waals surface area contributed by atoms with Crippen LogP contribution in [-0.4, -0.2) is 58.8 Å². The molecule has 3 atom stereocenters. The molecule has 0 spiro atoms. The van der Waals surface area contributed by atoms with Gasteiger partial charge in [-0.05, 0) is 59.9 Å². The van der Waals surface area contributed by atoms with Gasteiger partial charge in [-0.2, -0.15) is 0 Å². The summed E-state index contributed by atoms with van der Waals surface area (Å²) in [5.74, 6) is -0.816. The molecule has 0 fully saturated rings. The minimum atomic E-state index is -1.24. The van der Waals surface area contributed by atoms with E-state index < -0.39 is 36.3 Å². The second-order valence-corrected chi connectivity index (χ2v) is 10.3. The van der Waals surface area contributed by atoms with Gasteiger partial charge in [-0.1, -0.05) is 56.0 Å². The third-order valence-corrected chi connectivity index (χ3v) is 5.44. The lowest BCUT2D eigenvalue weighted by molar-refractivity contribution is -0.143. The molecule has 0 saturated carbocycles. The van der Waals surface area contributed by atoms with Crippen LogP contribution in [0.3, 0.4) is 0 Å². The van der Waals surface area contributed by atoms with E-state index in [1.165, 1.54) is 4.90 Å². The first-order valence-corrected chi connectivity index (χ1v) is 12.6. The highest BCUT2D eigenvalue weighted by Gasteiger charge is 2.36. The molecule has 0 radical (unpaired) electrons. The first-order valence-electron chi connectivity index (χ1n) is 12.6. The topological polar surface area (TPSA) is 108 Å². The van der Waals surface area contributed by atoms with Crippen molar-refractivity contribution in [3.63, 3.8) is 0 Å². The van der Waals surface area contributed by atoms with Crippen LogP contribution in [0.2, 0.25) is 0 Å². The Morgan fingerprint density at radius 3 is 2.11 bits per heavy atom. The fourth-order valence-corrected chi connectivity index (χ4v) is 4.00. The van der Waals surface area contributed by atoms with Crippen molar-refractivity contribution in [2.75, 3.05) is 13.2 Å². The van der Waals surface area contributed by atoms with Crippen LogP contribution in [0.25, 0.3) is 0 Å². The fraction of sp³-hybridized carbons (Fsp3) is 0.667. The zero-order chi connectivity index (χ0) is 26.8. The summed E-state index contributed by atoms with van der Waals surface area (Å²) in [6.45, 7) is 14.7. The van der Waals surface area contributed by atoms with E-state index in [9.17, 15) is 19.5 Å². The number of carbonyl (C=O) groups excluding carboxylic acids is 3. The summed E-state index contributed by atoms with van der Waals surface area (Å²) >= 11 is 0. The van der Waals surface area contributed by atoms with Gasteiger partial charge in [0.15, 0.2) is 0 Å². The van der Waals surface area contributed by atoms with Crippen molar-refractivity contribution in [1.82, 2.24) is 15.5 Å². The summed E-state index contributed by atoms with van der Waals surface area (Å²) in [6.07, 6.45) is 2.40. The van der Waals surface area contributed by atoms with E-state index in [1.54, 1.807) is 20.8 Å². The van der Waals surface area contributed by atoms with Gasteiger partial charge in [0.25, 0.3) is 0 Å². The van der Waals surface area contributed by atoms with Crippen LogP contribution in [0, 0.1) is 13.8 Å². The number of alkyl carbamates (subject to hydrolysis) is 1. The first kappa shape index (κ1) is 30.4. The molecule has 198 valence electrons. The molecule has 0 aromatic heterocycles. The maximum atomic E-state index is 13.7. The van der Waals surface area contributed by atoms with Gasteiger partial charge in [-0.3, -0.25) is 9.59 Å². The standard InChI is InChI=1S/C27H45N3O5/c1-9-11-13-30(25(33)22(17-31)29-26(34)35-27(6,7)8)23(24(32)28-20(5)12-10-2)21-15-18(3)14-19(4)16-21/h14-16,20,22-23,31H,9-13,17H2,1-8H3,(H,28,32)(H,29,34). The monoisotopic (exact) mass is 491 g/mol. The number of nitrogens with zero attached hydrogens (tertiary/aromatic N) is 1. The predicted molar refractivity (Wildman–Crippen MR) is 138 cm³/mol. The third-order valence-electron chi connectivity index (χ3n) is 5.44. The highest BCUT2D eigenvalue weighted by Crippen LogP contribution is 2.26. The van der Waals surface area contributed by atoms with E-state index >= 15 is 0 Å². The van der Waals surface area contributed by atoms with Crippen molar-refractivity contribution in [3.05, 3.63) is 34.9 Å². The van der Waals surface area contributed by atoms with Crippen LogP contribution in [0.1, 0.15) is 90.0 Å². The highest BCUT2D eigenvalue weighted by molar-refractivity contribution is 5.92. The number of aryl methyl sites for hydroxylation is 2. The van der Waals surface area contributed by atoms with Crippen molar-refractivity contribution < 1.29 is 24.2 Å². The largest absolute Gasteiger partial charge is 0.444 e. The third kappa shape index (κ3) is 10.3. The number of nitrogens with one attached hydrogen (secondary N) is 2. The Morgan fingerprint density at radius 2 is 1.63 bits per heavy atom. The molecule has 8 heteroatoms. The maximum absolute atomic E-state index is 13.7. The number of aliphatic hydroxyl groups is 1. The Hall–Kier alpha value is -2.61. The molecule has 0 aliphatic rings. The van der Waals surface area contributed by atoms with Crippen molar-refractivity contribution in [3.8, 4) is 0 Å². The van der Waals surface area contributed by atoms with Gasteiger partial charge in [-0.25, -0.2) is 4.79 Å². The molecule has 3 unspecified atom stereocenters. The summed E-state index contributed by atoms with van der Waals surface area (Å²) < 4.78 is 5.27. The van der Waals surface area contributed by atoms with Crippen LogP contribution in [0.15, 0.2) is 18.2 Å². The fourth-order valence-electron chi connectivity index (χ4n) is 4.00. The van der Waals surface area contributed by atoms with E-state index in [0.29, 0.717) is 18.5 Å². The Kier molecular flexibility index (Phi) is 12.2. The number of ether oxygens (including phenoxy) is 1. The minimum absolute atomic E-state index is 0.0578. The molecule has 3 amide bonds. The molecule has 0 aliphatic heterocycles. The average Bonchev–Trinajstić information content (AvgIpc) is 2.72. The minimum Gasteiger partial charge on any atom is -0.444 e. The Labute approximate surface area is 210 Å². The second-order valence-electron chi connectivity index (χ2n) is 10.3. The smallest absolute Gasteiger partial charge is 0.408 e. The van der Waals surface area contributed by atoms with E-state index in [0.717, 1.165) is 30.4 Å². The summed E-state index contributed by atoms with van der Waals surface area (Å²) in [5.41, 5.74) is 1.90. The average molecular weight is 492 g/mol. The van der Waals surface area contributed by atoms with Gasteiger partial charge in [-0.15, -0.1) is 0 Å². The van der Waals surface area contributed by atoms with Crippen LogP contribution < -0.4 is 10.6 Å². The Morgan fingerprint density at radius 1 is 1.03 bits per heavy atom. The van der Waals surface area contributed by atoms with Gasteiger partial charge in [0.2, 0.25) is 11.8 Å². The van der Waals surface area contributed by atoms with Crippen molar-refractivity contribution >= 4 is 17.9 Å². The van der Waals surface area contributed by atoms with E-state index in [-0.39, 0.29) is 11.9 Å². The second kappa shape index (κ2) is 14.1. The molecule has 0 saturated heterocycles. The van der Waals surface area contributed by atoms with Crippen molar-refractivity contribution in [1.29, 1.82) is 0 Å². The van der Waals surface area contributed by atoms with Gasteiger partial charge >= 0.3 is 6.09 Å². The number of amides is 3. The quantitative estimate of drug-likeness (QED) is 0.407. The van der Waals surface area contributed by atoms with Crippen molar-refractivity contribution in [2.24, 2.45) is 0 Å². The molecule has 0 heterocycles. The van der Waals surface area contributed by atoms with E-state index in [2.05, 4.69) is 17.6 Å². The van der Waals surface area contributed by atoms with E-state index in [4.69, 9.17) is 4.74 Å². The van der Waals surface area contributed by atoms with E-state index in [1.807, 2.05) is 45.9 Å². The molecule has 1 aromatic carbocycles. The van der Waals surface area contributed by atoms with Crippen LogP contribution >= 0.6 is 0 Å². The normalized spacial score (nSPS) is 14.0. The maximum Gasteiger partial charge on any atom is 0.408 e. The van der Waals surface area contributed by atoms with Crippen molar-refractivity contribution in [2.45, 2.75) is 105 Å². The SMILES string of the molecule is CCCCN(C(=O)C(CO)NC(=O)OC(C)(C)C)C(C(=O)NC(C)CCC)c1cc(C)cc(C)c1. The highest BCUT2D eigenvalue weighted by atomic mass is 16.6. The lowest BCUT2D eigenvalue weighted by Crippen LogP contribution is -2.55. The van der Waals surface area contributed by atoms with Crippen LogP contribution in [-0.2, 0) is 14.3 Å². The lowest BCUT2D eigenvalue weighted by Gasteiger charge is -2.35. The van der Waals surface area contributed by atoms with Crippen LogP contribution in [0.4, 0.5) is 4.79 Å². The van der Waals surface area contributed by atoms with Gasteiger partial charge in [0.1, 0.15) is 17.7 Å². The summed E-state index contributed by atoms with van der Waals surface area (Å²) in [4.78, 5) is 41.1. The molecular weight excluding hydrogens is 446 g/mol. The first-order chi connectivity index (χ1) is 16.3. The predicted octanol–water partition coefficient (Wildman–Crippen LogP) is 4.16. The zero-order valence-electron chi connectivity index (χ0n) is 22.7. The zero-order valence-corrected chi connectivity index (χ0v) is 22.7. The molecule has 3 N–H and O–H groups in total. The molecule has 8 nitrogen and oxygen atoms in total. The summed E-state index contributed by atoms with van der Waals surface area (Å²) in [5, 5.41) is 15.5. The summed E-state index contributed by atoms with van der Waals surface area (Å²) in [7, 11) is 0. The van der Waals surface area contributed by atoms with Gasteiger partial charge < -0.3 is 25.4 Å². The lowest BCUT2D eigenvalue weighted by atomic mass is 9.97. The molecule has 1 rings (SSSR count). The number of aliphatic hydroxyl groups excluding tert-OH is 1. The molecule has 35 heavy (non-hydrogen) atoms. The Bertz CT molecular complexity index is 829. The van der Waals surface area contributed by atoms with Gasteiger partial charge in [0.05, 0.1) is 6.61 Å². The number of rotatable bonds is 12.